The van der Waals surface area contributed by atoms with Crippen molar-refractivity contribution in [1.29, 1.82) is 0 Å². The molecule has 1 saturated heterocycles. The number of aromatic nitrogens is 1. The van der Waals surface area contributed by atoms with Gasteiger partial charge in [0.1, 0.15) is 0 Å². The molecule has 1 aliphatic rings. The Morgan fingerprint density at radius 1 is 1.50 bits per heavy atom. The van der Waals surface area contributed by atoms with Crippen LogP contribution >= 0.6 is 11.8 Å². The Hall–Kier alpha value is -0.540. The van der Waals surface area contributed by atoms with Crippen LogP contribution in [0.25, 0.3) is 0 Å². The molecule has 1 aliphatic heterocycles. The summed E-state index contributed by atoms with van der Waals surface area (Å²) in [5.74, 6) is 1.25. The molecule has 1 aromatic rings. The number of nitrogens with two attached hydrogens (primary N) is 1. The fraction of sp³-hybridized carbons (Fsp3) is 0.545. The molecular weight excluding hydrogens is 192 g/mol. The number of hydrogen-bond donors (Lipinski definition) is 1. The third-order valence-electron chi connectivity index (χ3n) is 2.79. The minimum absolute atomic E-state index is 0.272. The number of thioether (sulfide) groups is 1. The molecule has 3 heteroatoms. The molecule has 0 aliphatic carbocycles. The number of pyridine rings is 1. The van der Waals surface area contributed by atoms with Crippen molar-refractivity contribution in [2.45, 2.75) is 24.0 Å². The first-order valence-electron chi connectivity index (χ1n) is 5.09. The van der Waals surface area contributed by atoms with Gasteiger partial charge in [-0.05, 0) is 30.7 Å². The zero-order chi connectivity index (χ0) is 9.86. The lowest BCUT2D eigenvalue weighted by Gasteiger charge is -2.25. The first kappa shape index (κ1) is 9.99. The van der Waals surface area contributed by atoms with E-state index in [1.165, 1.54) is 24.3 Å². The second kappa shape index (κ2) is 4.32. The molecule has 0 amide bonds. The van der Waals surface area contributed by atoms with Crippen LogP contribution in [0.3, 0.4) is 0 Å². The summed E-state index contributed by atoms with van der Waals surface area (Å²) < 4.78 is 0.272. The first-order valence-corrected chi connectivity index (χ1v) is 6.07. The highest BCUT2D eigenvalue weighted by Gasteiger charge is 2.33. The lowest BCUT2D eigenvalue weighted by molar-refractivity contribution is 0.558. The largest absolute Gasteiger partial charge is 0.329 e. The molecule has 2 heterocycles. The van der Waals surface area contributed by atoms with Gasteiger partial charge in [-0.3, -0.25) is 4.98 Å². The summed E-state index contributed by atoms with van der Waals surface area (Å²) >= 11 is 2.02. The van der Waals surface area contributed by atoms with E-state index >= 15 is 0 Å². The van der Waals surface area contributed by atoms with Gasteiger partial charge in [0, 0.05) is 29.6 Å². The second-order valence-electron chi connectivity index (χ2n) is 3.84. The van der Waals surface area contributed by atoms with Crippen molar-refractivity contribution in [2.24, 2.45) is 5.73 Å². The van der Waals surface area contributed by atoms with E-state index in [2.05, 4.69) is 11.1 Å². The molecule has 0 aromatic carbocycles. The van der Waals surface area contributed by atoms with Crippen LogP contribution in [0, 0.1) is 0 Å². The summed E-state index contributed by atoms with van der Waals surface area (Å²) in [4.78, 5) is 4.37. The van der Waals surface area contributed by atoms with Crippen LogP contribution in [0.1, 0.15) is 18.5 Å². The predicted molar refractivity (Wildman–Crippen MR) is 61.4 cm³/mol. The van der Waals surface area contributed by atoms with Crippen LogP contribution < -0.4 is 5.73 Å². The predicted octanol–water partition coefficient (Wildman–Crippen LogP) is 1.85. The highest BCUT2D eigenvalue weighted by atomic mass is 32.2. The summed E-state index contributed by atoms with van der Waals surface area (Å²) in [5, 5.41) is 0. The topological polar surface area (TPSA) is 38.9 Å². The third kappa shape index (κ3) is 2.10. The molecule has 0 bridgehead atoms. The molecule has 2 nitrogen and oxygen atoms in total. The fourth-order valence-electron chi connectivity index (χ4n) is 1.96. The number of hydrogen-bond acceptors (Lipinski definition) is 3. The SMILES string of the molecule is NCC1(Cc2ccccn2)CCCS1. The van der Waals surface area contributed by atoms with E-state index in [-0.39, 0.29) is 4.75 Å². The molecule has 1 atom stereocenters. The van der Waals surface area contributed by atoms with Gasteiger partial charge in [-0.25, -0.2) is 0 Å². The van der Waals surface area contributed by atoms with Crippen molar-refractivity contribution in [3.63, 3.8) is 0 Å². The smallest absolute Gasteiger partial charge is 0.0417 e. The number of rotatable bonds is 3. The molecule has 14 heavy (non-hydrogen) atoms. The first-order chi connectivity index (χ1) is 6.85. The van der Waals surface area contributed by atoms with E-state index < -0.39 is 0 Å². The summed E-state index contributed by atoms with van der Waals surface area (Å²) in [7, 11) is 0. The molecule has 76 valence electrons. The van der Waals surface area contributed by atoms with Crippen molar-refractivity contribution < 1.29 is 0 Å². The summed E-state index contributed by atoms with van der Waals surface area (Å²) in [6.07, 6.45) is 5.42. The maximum absolute atomic E-state index is 5.87. The molecule has 0 radical (unpaired) electrons. The highest BCUT2D eigenvalue weighted by molar-refractivity contribution is 8.00. The average Bonchev–Trinajstić information content (AvgIpc) is 2.69. The van der Waals surface area contributed by atoms with E-state index in [4.69, 9.17) is 5.73 Å². The van der Waals surface area contributed by atoms with Gasteiger partial charge in [0.25, 0.3) is 0 Å². The van der Waals surface area contributed by atoms with Crippen LogP contribution in [0.5, 0.6) is 0 Å². The average molecular weight is 208 g/mol. The molecular formula is C11H16N2S. The van der Waals surface area contributed by atoms with Gasteiger partial charge in [-0.15, -0.1) is 0 Å². The Morgan fingerprint density at radius 2 is 2.43 bits per heavy atom. The van der Waals surface area contributed by atoms with Crippen molar-refractivity contribution in [2.75, 3.05) is 12.3 Å². The Bertz CT molecular complexity index is 281. The van der Waals surface area contributed by atoms with Crippen molar-refractivity contribution in [1.82, 2.24) is 4.98 Å². The van der Waals surface area contributed by atoms with Gasteiger partial charge in [0.2, 0.25) is 0 Å². The van der Waals surface area contributed by atoms with Crippen LogP contribution in [0.2, 0.25) is 0 Å². The van der Waals surface area contributed by atoms with Crippen molar-refractivity contribution in [3.05, 3.63) is 30.1 Å². The maximum atomic E-state index is 5.87. The van der Waals surface area contributed by atoms with Crippen LogP contribution in [-0.2, 0) is 6.42 Å². The summed E-state index contributed by atoms with van der Waals surface area (Å²) in [5.41, 5.74) is 7.04. The van der Waals surface area contributed by atoms with Crippen molar-refractivity contribution >= 4 is 11.8 Å². The second-order valence-corrected chi connectivity index (χ2v) is 5.40. The van der Waals surface area contributed by atoms with E-state index in [1.807, 2.05) is 30.1 Å². The summed E-state index contributed by atoms with van der Waals surface area (Å²) in [6.45, 7) is 0.772. The normalized spacial score (nSPS) is 26.6. The molecule has 1 fully saturated rings. The molecule has 0 spiro atoms. The van der Waals surface area contributed by atoms with Crippen LogP contribution in [0.15, 0.2) is 24.4 Å². The summed E-state index contributed by atoms with van der Waals surface area (Å²) in [6, 6.07) is 6.10. The minimum atomic E-state index is 0.272. The lowest BCUT2D eigenvalue weighted by Crippen LogP contribution is -2.34. The quantitative estimate of drug-likeness (QED) is 0.824. The Morgan fingerprint density at radius 3 is 3.00 bits per heavy atom. The van der Waals surface area contributed by atoms with Gasteiger partial charge < -0.3 is 5.73 Å². The van der Waals surface area contributed by atoms with E-state index in [9.17, 15) is 0 Å². The van der Waals surface area contributed by atoms with Gasteiger partial charge in [0.15, 0.2) is 0 Å². The Kier molecular flexibility index (Phi) is 3.08. The van der Waals surface area contributed by atoms with Gasteiger partial charge in [-0.2, -0.15) is 11.8 Å². The van der Waals surface area contributed by atoms with E-state index in [0.717, 1.165) is 13.0 Å². The monoisotopic (exact) mass is 208 g/mol. The van der Waals surface area contributed by atoms with Crippen molar-refractivity contribution in [3.8, 4) is 0 Å². The van der Waals surface area contributed by atoms with Gasteiger partial charge in [-0.1, -0.05) is 6.07 Å². The van der Waals surface area contributed by atoms with Gasteiger partial charge in [0.05, 0.1) is 0 Å². The maximum Gasteiger partial charge on any atom is 0.0417 e. The Labute approximate surface area is 89.3 Å². The lowest BCUT2D eigenvalue weighted by atomic mass is 9.97. The van der Waals surface area contributed by atoms with E-state index in [0.29, 0.717) is 0 Å². The molecule has 2 rings (SSSR count). The Balaban J connectivity index is 2.08. The molecule has 0 saturated carbocycles. The zero-order valence-electron chi connectivity index (χ0n) is 8.28. The fourth-order valence-corrected chi connectivity index (χ4v) is 3.34. The standard InChI is InChI=1S/C11H16N2S/c12-9-11(5-3-7-14-11)8-10-4-1-2-6-13-10/h1-2,4,6H,3,5,7-9,12H2. The van der Waals surface area contributed by atoms with Crippen LogP contribution in [-0.4, -0.2) is 22.0 Å². The number of nitrogens with zero attached hydrogens (tertiary/aromatic N) is 1. The van der Waals surface area contributed by atoms with E-state index in [1.54, 1.807) is 0 Å². The zero-order valence-corrected chi connectivity index (χ0v) is 9.09. The highest BCUT2D eigenvalue weighted by Crippen LogP contribution is 2.39. The van der Waals surface area contributed by atoms with Gasteiger partial charge >= 0.3 is 0 Å². The minimum Gasteiger partial charge on any atom is -0.329 e. The molecule has 1 aromatic heterocycles. The van der Waals surface area contributed by atoms with Crippen LogP contribution in [0.4, 0.5) is 0 Å². The third-order valence-corrected chi connectivity index (χ3v) is 4.41. The molecule has 1 unspecified atom stereocenters. The molecule has 2 N–H and O–H groups in total.